The van der Waals surface area contributed by atoms with Gasteiger partial charge >= 0.3 is 0 Å². The summed E-state index contributed by atoms with van der Waals surface area (Å²) in [5.74, 6) is 0.0779. The zero-order chi connectivity index (χ0) is 12.3. The molecule has 7 nitrogen and oxygen atoms in total. The third-order valence-electron chi connectivity index (χ3n) is 1.39. The van der Waals surface area contributed by atoms with Crippen molar-refractivity contribution < 1.29 is 30.5 Å². The summed E-state index contributed by atoms with van der Waals surface area (Å²) in [6, 6.07) is 0. The lowest BCUT2D eigenvalue weighted by Crippen LogP contribution is -2.22. The first-order valence-electron chi connectivity index (χ1n) is 3.66. The smallest absolute Gasteiger partial charge is 0.290 e. The highest BCUT2D eigenvalue weighted by Crippen LogP contribution is 2.22. The molecule has 1 atom stereocenters. The molecule has 0 aliphatic carbocycles. The molecule has 15 heavy (non-hydrogen) atoms. The van der Waals surface area contributed by atoms with Gasteiger partial charge in [0.15, 0.2) is 0 Å². The van der Waals surface area contributed by atoms with E-state index in [0.717, 1.165) is 0 Å². The third kappa shape index (κ3) is 6.33. The summed E-state index contributed by atoms with van der Waals surface area (Å²) in [6.07, 6.45) is 0.760. The first-order chi connectivity index (χ1) is 6.55. The summed E-state index contributed by atoms with van der Waals surface area (Å²) in [5, 5.41) is 0. The maximum absolute atomic E-state index is 10.6. The van der Waals surface area contributed by atoms with Gasteiger partial charge in [-0.2, -0.15) is 16.8 Å². The van der Waals surface area contributed by atoms with Crippen LogP contribution in [0.4, 0.5) is 0 Å². The number of hydrogen-bond acceptors (Lipinski definition) is 5. The lowest BCUT2D eigenvalue weighted by Gasteiger charge is -2.09. The Labute approximate surface area is 91.6 Å². The van der Waals surface area contributed by atoms with Gasteiger partial charge in [-0.25, -0.2) is 0 Å². The Hall–Kier alpha value is 0.130. The summed E-state index contributed by atoms with van der Waals surface area (Å²) in [5.41, 5.74) is 0. The second-order valence-corrected chi connectivity index (χ2v) is 7.40. The Morgan fingerprint density at radius 1 is 1.20 bits per heavy atom. The van der Waals surface area contributed by atoms with Crippen LogP contribution >= 0.6 is 0 Å². The van der Waals surface area contributed by atoms with E-state index < -0.39 is 42.4 Å². The minimum atomic E-state index is -4.94. The molecule has 0 aliphatic rings. The standard InChI is InChI=1S/C5H11O7S3/c1-13(6)4-2-3-5(14(7,8)9)15(10,11)12/h2-4H2,1H3,(H,7,8,9)(H,10,11,12). The first-order valence-corrected chi connectivity index (χ1v) is 8.26. The lowest BCUT2D eigenvalue weighted by molar-refractivity contribution is 0.466. The molecule has 0 saturated heterocycles. The molecular formula is C5H11O7S3. The molecule has 0 aromatic heterocycles. The highest BCUT2D eigenvalue weighted by atomic mass is 32.3. The van der Waals surface area contributed by atoms with E-state index in [1.54, 1.807) is 0 Å². The van der Waals surface area contributed by atoms with Gasteiger partial charge in [0.25, 0.3) is 24.8 Å². The number of rotatable bonds is 6. The molecule has 0 fully saturated rings. The van der Waals surface area contributed by atoms with Crippen LogP contribution in [-0.4, -0.2) is 42.5 Å². The molecule has 0 saturated carbocycles. The van der Waals surface area contributed by atoms with Crippen LogP contribution in [0.1, 0.15) is 12.8 Å². The van der Waals surface area contributed by atoms with Gasteiger partial charge < -0.3 is 4.55 Å². The van der Waals surface area contributed by atoms with E-state index >= 15 is 0 Å². The van der Waals surface area contributed by atoms with Gasteiger partial charge in [-0.3, -0.25) is 9.11 Å². The fraction of sp³-hybridized carbons (Fsp3) is 0.800. The van der Waals surface area contributed by atoms with Crippen molar-refractivity contribution in [2.24, 2.45) is 0 Å². The van der Waals surface area contributed by atoms with Crippen molar-refractivity contribution in [1.82, 2.24) is 0 Å². The molecule has 0 aromatic carbocycles. The SMILES string of the molecule is C[S+]([O-])CCC[C](S(=O)(=O)O)S(=O)(=O)O. The van der Waals surface area contributed by atoms with Crippen LogP contribution in [0.25, 0.3) is 0 Å². The second-order valence-electron chi connectivity index (χ2n) is 2.70. The monoisotopic (exact) mass is 279 g/mol. The first kappa shape index (κ1) is 15.1. The largest absolute Gasteiger partial charge is 0.617 e. The maximum Gasteiger partial charge on any atom is 0.290 e. The molecule has 0 heterocycles. The average Bonchev–Trinajstić information content (AvgIpc) is 1.92. The fourth-order valence-corrected chi connectivity index (χ4v) is 3.23. The Balaban J connectivity index is 4.58. The average molecular weight is 279 g/mol. The summed E-state index contributed by atoms with van der Waals surface area (Å²) in [7, 11) is -9.88. The van der Waals surface area contributed by atoms with Crippen LogP contribution in [0.15, 0.2) is 0 Å². The molecule has 0 amide bonds. The van der Waals surface area contributed by atoms with Crippen molar-refractivity contribution in [1.29, 1.82) is 0 Å². The van der Waals surface area contributed by atoms with E-state index in [2.05, 4.69) is 0 Å². The molecule has 0 aliphatic heterocycles. The molecule has 10 heteroatoms. The summed E-state index contributed by atoms with van der Waals surface area (Å²) >= 11 is -1.20. The summed E-state index contributed by atoms with van der Waals surface area (Å²) in [6.45, 7) is 0. The maximum atomic E-state index is 10.6. The highest BCUT2D eigenvalue weighted by Gasteiger charge is 2.36. The van der Waals surface area contributed by atoms with E-state index in [4.69, 9.17) is 9.11 Å². The van der Waals surface area contributed by atoms with Crippen molar-refractivity contribution in [2.45, 2.75) is 12.8 Å². The molecule has 1 unspecified atom stereocenters. The molecule has 0 bridgehead atoms. The summed E-state index contributed by atoms with van der Waals surface area (Å²) < 4.78 is 68.5. The molecule has 0 rings (SSSR count). The predicted molar refractivity (Wildman–Crippen MR) is 54.5 cm³/mol. The van der Waals surface area contributed by atoms with Crippen LogP contribution < -0.4 is 0 Å². The van der Waals surface area contributed by atoms with Crippen molar-refractivity contribution in [3.8, 4) is 0 Å². The second kappa shape index (κ2) is 5.46. The fourth-order valence-electron chi connectivity index (χ4n) is 0.811. The van der Waals surface area contributed by atoms with Crippen molar-refractivity contribution in [3.63, 3.8) is 0 Å². The predicted octanol–water partition coefficient (Wildman–Crippen LogP) is -0.590. The zero-order valence-electron chi connectivity index (χ0n) is 7.78. The topological polar surface area (TPSA) is 132 Å². The highest BCUT2D eigenvalue weighted by molar-refractivity contribution is 8.07. The van der Waals surface area contributed by atoms with Gasteiger partial charge in [0.05, 0.1) is 6.26 Å². The van der Waals surface area contributed by atoms with Crippen LogP contribution in [0.5, 0.6) is 0 Å². The van der Waals surface area contributed by atoms with E-state index in [0.29, 0.717) is 0 Å². The van der Waals surface area contributed by atoms with Crippen LogP contribution in [0.3, 0.4) is 0 Å². The minimum Gasteiger partial charge on any atom is -0.617 e. The van der Waals surface area contributed by atoms with E-state index in [-0.39, 0.29) is 12.2 Å². The third-order valence-corrected chi connectivity index (χ3v) is 5.07. The molecule has 91 valence electrons. The van der Waals surface area contributed by atoms with Crippen LogP contribution in [-0.2, 0) is 31.4 Å². The Morgan fingerprint density at radius 3 is 1.87 bits per heavy atom. The molecular weight excluding hydrogens is 268 g/mol. The minimum absolute atomic E-state index is 0.0297. The van der Waals surface area contributed by atoms with Crippen LogP contribution in [0, 0.1) is 4.58 Å². The van der Waals surface area contributed by atoms with Gasteiger partial charge in [-0.1, -0.05) is 11.2 Å². The Kier molecular flexibility index (Phi) is 5.50. The van der Waals surface area contributed by atoms with Gasteiger partial charge in [0, 0.05) is 0 Å². The van der Waals surface area contributed by atoms with Crippen molar-refractivity contribution >= 4 is 31.4 Å². The van der Waals surface area contributed by atoms with E-state index in [1.165, 1.54) is 6.26 Å². The molecule has 0 aromatic rings. The lowest BCUT2D eigenvalue weighted by atomic mass is 10.4. The van der Waals surface area contributed by atoms with E-state index in [1.807, 2.05) is 0 Å². The zero-order valence-corrected chi connectivity index (χ0v) is 10.2. The van der Waals surface area contributed by atoms with Crippen molar-refractivity contribution in [3.05, 3.63) is 4.58 Å². The quantitative estimate of drug-likeness (QED) is 0.490. The van der Waals surface area contributed by atoms with Crippen LogP contribution in [0.2, 0.25) is 0 Å². The Bertz CT molecular complexity index is 349. The van der Waals surface area contributed by atoms with Gasteiger partial charge in [-0.05, 0) is 12.8 Å². The van der Waals surface area contributed by atoms with Gasteiger partial charge in [0.2, 0.25) is 0 Å². The number of hydrogen-bond donors (Lipinski definition) is 2. The Morgan fingerprint density at radius 2 is 1.60 bits per heavy atom. The molecule has 2 N–H and O–H groups in total. The molecule has 0 spiro atoms. The van der Waals surface area contributed by atoms with E-state index in [9.17, 15) is 21.4 Å². The molecule has 1 radical (unpaired) electrons. The van der Waals surface area contributed by atoms with Crippen molar-refractivity contribution in [2.75, 3.05) is 12.0 Å². The van der Waals surface area contributed by atoms with Gasteiger partial charge in [-0.15, -0.1) is 0 Å². The normalized spacial score (nSPS) is 15.5. The summed E-state index contributed by atoms with van der Waals surface area (Å²) in [4.78, 5) is 0. The van der Waals surface area contributed by atoms with Gasteiger partial charge in [0.1, 0.15) is 5.75 Å².